The first-order chi connectivity index (χ1) is 14.2. The van der Waals surface area contributed by atoms with Crippen LogP contribution in [0, 0.1) is 0 Å². The van der Waals surface area contributed by atoms with Gasteiger partial charge in [-0.3, -0.25) is 9.79 Å². The Balaban J connectivity index is 0.00000320. The summed E-state index contributed by atoms with van der Waals surface area (Å²) in [6.45, 7) is 4.79. The Morgan fingerprint density at radius 1 is 1.23 bits per heavy atom. The van der Waals surface area contributed by atoms with Gasteiger partial charge in [-0.15, -0.1) is 35.3 Å². The fraction of sp³-hybridized carbons (Fsp3) is 0.455. The number of benzene rings is 1. The zero-order valence-electron chi connectivity index (χ0n) is 17.7. The maximum absolute atomic E-state index is 11.8. The van der Waals surface area contributed by atoms with Gasteiger partial charge >= 0.3 is 0 Å². The molecule has 30 heavy (non-hydrogen) atoms. The third kappa shape index (κ3) is 7.46. The maximum Gasteiger partial charge on any atom is 0.224 e. The van der Waals surface area contributed by atoms with E-state index in [1.54, 1.807) is 18.4 Å². The number of rotatable bonds is 7. The predicted molar refractivity (Wildman–Crippen MR) is 138 cm³/mol. The van der Waals surface area contributed by atoms with Crippen molar-refractivity contribution in [3.05, 3.63) is 47.3 Å². The second-order valence-corrected chi connectivity index (χ2v) is 8.21. The summed E-state index contributed by atoms with van der Waals surface area (Å²) in [5.41, 5.74) is 1.95. The third-order valence-corrected chi connectivity index (χ3v) is 5.95. The van der Waals surface area contributed by atoms with Gasteiger partial charge in [-0.1, -0.05) is 19.1 Å². The first-order valence-corrected chi connectivity index (χ1v) is 11.2. The summed E-state index contributed by atoms with van der Waals surface area (Å²) in [6.07, 6.45) is 3.58. The second kappa shape index (κ2) is 12.8. The SMILES string of the molecule is CCCC(=O)Nc1cccc(CNC(=NC)NC2CCN(c3cccs3)CC2)c1.I. The Morgan fingerprint density at radius 2 is 2.03 bits per heavy atom. The average molecular weight is 542 g/mol. The molecule has 0 saturated carbocycles. The summed E-state index contributed by atoms with van der Waals surface area (Å²) >= 11 is 1.81. The number of guanidine groups is 1. The molecule has 2 aromatic rings. The van der Waals surface area contributed by atoms with Gasteiger partial charge in [-0.2, -0.15) is 0 Å². The highest BCUT2D eigenvalue weighted by molar-refractivity contribution is 14.0. The van der Waals surface area contributed by atoms with E-state index in [0.29, 0.717) is 19.0 Å². The van der Waals surface area contributed by atoms with Crippen molar-refractivity contribution in [1.82, 2.24) is 10.6 Å². The number of hydrogen-bond donors (Lipinski definition) is 3. The van der Waals surface area contributed by atoms with Crippen molar-refractivity contribution in [2.24, 2.45) is 4.99 Å². The van der Waals surface area contributed by atoms with Crippen molar-refractivity contribution in [1.29, 1.82) is 0 Å². The van der Waals surface area contributed by atoms with Crippen LogP contribution in [0.1, 0.15) is 38.2 Å². The van der Waals surface area contributed by atoms with Crippen LogP contribution in [0.2, 0.25) is 0 Å². The van der Waals surface area contributed by atoms with Gasteiger partial charge in [0.25, 0.3) is 0 Å². The van der Waals surface area contributed by atoms with Crippen LogP contribution in [0.3, 0.4) is 0 Å². The Morgan fingerprint density at radius 3 is 2.70 bits per heavy atom. The third-order valence-electron chi connectivity index (χ3n) is 5.02. The lowest BCUT2D eigenvalue weighted by Crippen LogP contribution is -2.48. The highest BCUT2D eigenvalue weighted by Crippen LogP contribution is 2.24. The molecule has 1 fully saturated rings. The van der Waals surface area contributed by atoms with E-state index in [1.807, 2.05) is 25.1 Å². The molecule has 0 radical (unpaired) electrons. The summed E-state index contributed by atoms with van der Waals surface area (Å²) in [5, 5.41) is 13.4. The molecule has 3 N–H and O–H groups in total. The van der Waals surface area contributed by atoms with Gasteiger partial charge < -0.3 is 20.9 Å². The number of piperidine rings is 1. The molecule has 1 aromatic carbocycles. The lowest BCUT2D eigenvalue weighted by Gasteiger charge is -2.33. The van der Waals surface area contributed by atoms with Crippen molar-refractivity contribution < 1.29 is 4.79 Å². The molecule has 2 heterocycles. The van der Waals surface area contributed by atoms with E-state index in [0.717, 1.165) is 49.6 Å². The van der Waals surface area contributed by atoms with Gasteiger partial charge in [0, 0.05) is 44.8 Å². The number of halogens is 1. The van der Waals surface area contributed by atoms with Crippen LogP contribution in [0.25, 0.3) is 0 Å². The van der Waals surface area contributed by atoms with E-state index in [2.05, 4.69) is 49.4 Å². The smallest absolute Gasteiger partial charge is 0.224 e. The monoisotopic (exact) mass is 541 g/mol. The van der Waals surface area contributed by atoms with Gasteiger partial charge in [-0.05, 0) is 54.5 Å². The molecule has 0 spiro atoms. The van der Waals surface area contributed by atoms with E-state index >= 15 is 0 Å². The molecule has 0 unspecified atom stereocenters. The molecule has 1 aliphatic heterocycles. The van der Waals surface area contributed by atoms with Gasteiger partial charge in [0.1, 0.15) is 0 Å². The number of anilines is 2. The standard InChI is InChI=1S/C22H31N5OS.HI/c1-3-6-20(28)25-19-8-4-7-17(15-19)16-24-22(23-2)26-18-10-12-27(13-11-18)21-9-5-14-29-21;/h4-5,7-9,14-15,18H,3,6,10-13,16H2,1-2H3,(H,25,28)(H2,23,24,26);1H. The summed E-state index contributed by atoms with van der Waals surface area (Å²) in [7, 11) is 1.80. The Kier molecular flexibility index (Phi) is 10.4. The van der Waals surface area contributed by atoms with Gasteiger partial charge in [-0.25, -0.2) is 0 Å². The summed E-state index contributed by atoms with van der Waals surface area (Å²) < 4.78 is 0. The van der Waals surface area contributed by atoms with Crippen LogP contribution in [0.5, 0.6) is 0 Å². The lowest BCUT2D eigenvalue weighted by molar-refractivity contribution is -0.116. The van der Waals surface area contributed by atoms with Gasteiger partial charge in [0.15, 0.2) is 5.96 Å². The van der Waals surface area contributed by atoms with Crippen LogP contribution < -0.4 is 20.9 Å². The van der Waals surface area contributed by atoms with Crippen LogP contribution in [0.15, 0.2) is 46.8 Å². The number of amides is 1. The Labute approximate surface area is 200 Å². The molecule has 1 aromatic heterocycles. The molecule has 8 heteroatoms. The van der Waals surface area contributed by atoms with E-state index in [1.165, 1.54) is 5.00 Å². The van der Waals surface area contributed by atoms with Crippen molar-refractivity contribution >= 4 is 57.9 Å². The van der Waals surface area contributed by atoms with Gasteiger partial charge in [0.05, 0.1) is 5.00 Å². The minimum absolute atomic E-state index is 0. The molecule has 164 valence electrons. The fourth-order valence-electron chi connectivity index (χ4n) is 3.48. The molecule has 0 bridgehead atoms. The molecule has 6 nitrogen and oxygen atoms in total. The lowest BCUT2D eigenvalue weighted by atomic mass is 10.1. The molecule has 1 aliphatic rings. The number of nitrogens with zero attached hydrogens (tertiary/aromatic N) is 2. The Hall–Kier alpha value is -1.81. The minimum atomic E-state index is 0. The molecular formula is C22H32IN5OS. The van der Waals surface area contributed by atoms with Crippen molar-refractivity contribution in [2.45, 2.75) is 45.2 Å². The van der Waals surface area contributed by atoms with Crippen LogP contribution in [-0.2, 0) is 11.3 Å². The molecular weight excluding hydrogens is 509 g/mol. The largest absolute Gasteiger partial charge is 0.363 e. The summed E-state index contributed by atoms with van der Waals surface area (Å²) in [6, 6.07) is 12.7. The number of thiophene rings is 1. The van der Waals surface area contributed by atoms with Crippen molar-refractivity contribution in [3.63, 3.8) is 0 Å². The number of hydrogen-bond acceptors (Lipinski definition) is 4. The number of aliphatic imine (C=N–C) groups is 1. The maximum atomic E-state index is 11.8. The number of nitrogens with one attached hydrogen (secondary N) is 3. The molecule has 3 rings (SSSR count). The summed E-state index contributed by atoms with van der Waals surface area (Å²) in [4.78, 5) is 18.6. The van der Waals surface area contributed by atoms with Gasteiger partial charge in [0.2, 0.25) is 5.91 Å². The first kappa shape index (κ1) is 24.5. The van der Waals surface area contributed by atoms with E-state index in [9.17, 15) is 4.79 Å². The average Bonchev–Trinajstić information content (AvgIpc) is 3.27. The predicted octanol–water partition coefficient (Wildman–Crippen LogP) is 4.44. The van der Waals surface area contributed by atoms with E-state index in [4.69, 9.17) is 0 Å². The minimum Gasteiger partial charge on any atom is -0.363 e. The van der Waals surface area contributed by atoms with E-state index in [-0.39, 0.29) is 29.9 Å². The molecule has 0 atom stereocenters. The molecule has 0 aliphatic carbocycles. The zero-order valence-corrected chi connectivity index (χ0v) is 20.8. The second-order valence-electron chi connectivity index (χ2n) is 7.28. The van der Waals surface area contributed by atoms with Crippen molar-refractivity contribution in [2.75, 3.05) is 30.4 Å². The van der Waals surface area contributed by atoms with Crippen LogP contribution in [-0.4, -0.2) is 38.0 Å². The molecule has 1 amide bonds. The first-order valence-electron chi connectivity index (χ1n) is 10.3. The fourth-order valence-corrected chi connectivity index (χ4v) is 4.26. The van der Waals surface area contributed by atoms with Crippen LogP contribution in [0.4, 0.5) is 10.7 Å². The van der Waals surface area contributed by atoms with Crippen LogP contribution >= 0.6 is 35.3 Å². The van der Waals surface area contributed by atoms with Crippen molar-refractivity contribution in [3.8, 4) is 0 Å². The Bertz CT molecular complexity index is 804. The zero-order chi connectivity index (χ0) is 20.5. The number of carbonyl (C=O) groups is 1. The topological polar surface area (TPSA) is 68.8 Å². The highest BCUT2D eigenvalue weighted by atomic mass is 127. The quantitative estimate of drug-likeness (QED) is 0.276. The molecule has 1 saturated heterocycles. The summed E-state index contributed by atoms with van der Waals surface area (Å²) in [5.74, 6) is 0.879. The van der Waals surface area contributed by atoms with E-state index < -0.39 is 0 Å². The normalized spacial score (nSPS) is 14.7. The number of carbonyl (C=O) groups excluding carboxylic acids is 1. The highest BCUT2D eigenvalue weighted by Gasteiger charge is 2.20.